The van der Waals surface area contributed by atoms with Gasteiger partial charge < -0.3 is 9.72 Å². The number of H-pyrrole nitrogens is 1. The molecule has 3 rings (SSSR count). The van der Waals surface area contributed by atoms with Gasteiger partial charge in [0.1, 0.15) is 5.82 Å². The Hall–Kier alpha value is -3.59. The molecule has 0 amide bonds. The molecule has 0 saturated heterocycles. The number of nitro groups is 1. The lowest BCUT2D eigenvalue weighted by molar-refractivity contribution is -0.384. The molecule has 0 aliphatic rings. The quantitative estimate of drug-likeness (QED) is 0.387. The Balaban J connectivity index is 1.88. The smallest absolute Gasteiger partial charge is 0.337 e. The van der Waals surface area contributed by atoms with Gasteiger partial charge in [-0.25, -0.2) is 9.78 Å². The van der Waals surface area contributed by atoms with Gasteiger partial charge in [0.15, 0.2) is 0 Å². The van der Waals surface area contributed by atoms with Gasteiger partial charge in [0.2, 0.25) is 0 Å². The second kappa shape index (κ2) is 8.19. The number of carbonyl (C=O) groups is 1. The first-order valence-electron chi connectivity index (χ1n) is 8.86. The molecule has 150 valence electrons. The molecule has 1 heterocycles. The van der Waals surface area contributed by atoms with Crippen molar-refractivity contribution in [2.24, 2.45) is 0 Å². The summed E-state index contributed by atoms with van der Waals surface area (Å²) in [7, 11) is 3.12. The Labute approximate surface area is 166 Å². The third-order valence-corrected chi connectivity index (χ3v) is 4.80. The predicted octanol–water partition coefficient (Wildman–Crippen LogP) is 2.81. The number of methoxy groups -OCH3 is 1. The summed E-state index contributed by atoms with van der Waals surface area (Å²) in [5.41, 5.74) is 1.19. The third kappa shape index (κ3) is 4.30. The number of esters is 1. The number of ether oxygens (including phenoxy) is 1. The second-order valence-corrected chi connectivity index (χ2v) is 6.68. The Morgan fingerprint density at radius 2 is 2.07 bits per heavy atom. The van der Waals surface area contributed by atoms with Gasteiger partial charge in [-0.1, -0.05) is 12.1 Å². The van der Waals surface area contributed by atoms with Crippen LogP contribution in [0, 0.1) is 10.1 Å². The summed E-state index contributed by atoms with van der Waals surface area (Å²) < 4.78 is 4.71. The summed E-state index contributed by atoms with van der Waals surface area (Å²) in [5.74, 6) is -0.0868. The van der Waals surface area contributed by atoms with Crippen LogP contribution >= 0.6 is 0 Å². The van der Waals surface area contributed by atoms with Crippen molar-refractivity contribution in [2.45, 2.75) is 19.5 Å². The van der Waals surface area contributed by atoms with Crippen LogP contribution in [0.4, 0.5) is 5.69 Å². The molecule has 0 aliphatic carbocycles. The van der Waals surface area contributed by atoms with Gasteiger partial charge in [-0.3, -0.25) is 19.8 Å². The van der Waals surface area contributed by atoms with Crippen LogP contribution in [0.2, 0.25) is 0 Å². The van der Waals surface area contributed by atoms with Crippen molar-refractivity contribution < 1.29 is 14.5 Å². The zero-order valence-corrected chi connectivity index (χ0v) is 16.2. The van der Waals surface area contributed by atoms with Gasteiger partial charge in [0.25, 0.3) is 11.2 Å². The van der Waals surface area contributed by atoms with Crippen molar-refractivity contribution in [3.8, 4) is 0 Å². The van der Waals surface area contributed by atoms with E-state index in [1.54, 1.807) is 6.07 Å². The summed E-state index contributed by atoms with van der Waals surface area (Å²) in [6, 6.07) is 10.8. The summed E-state index contributed by atoms with van der Waals surface area (Å²) in [4.78, 5) is 43.8. The normalized spacial score (nSPS) is 12.1. The van der Waals surface area contributed by atoms with Gasteiger partial charge in [0, 0.05) is 18.2 Å². The molecule has 29 heavy (non-hydrogen) atoms. The fourth-order valence-electron chi connectivity index (χ4n) is 3.03. The number of aromatic amines is 1. The van der Waals surface area contributed by atoms with Crippen molar-refractivity contribution in [1.29, 1.82) is 0 Å². The molecule has 1 aromatic heterocycles. The molecule has 0 aliphatic heterocycles. The van der Waals surface area contributed by atoms with Gasteiger partial charge in [0.05, 0.1) is 35.0 Å². The summed E-state index contributed by atoms with van der Waals surface area (Å²) in [6.07, 6.45) is 0. The fourth-order valence-corrected chi connectivity index (χ4v) is 3.03. The number of hydrogen-bond donors (Lipinski definition) is 1. The van der Waals surface area contributed by atoms with Crippen LogP contribution in [0.15, 0.2) is 47.3 Å². The predicted molar refractivity (Wildman–Crippen MR) is 107 cm³/mol. The average Bonchev–Trinajstić information content (AvgIpc) is 2.72. The van der Waals surface area contributed by atoms with Gasteiger partial charge >= 0.3 is 5.97 Å². The number of hydrogen-bond acceptors (Lipinski definition) is 7. The molecule has 0 saturated carbocycles. The van der Waals surface area contributed by atoms with Gasteiger partial charge in [-0.05, 0) is 37.7 Å². The topological polar surface area (TPSA) is 118 Å². The van der Waals surface area contributed by atoms with Gasteiger partial charge in [-0.2, -0.15) is 0 Å². The third-order valence-electron chi connectivity index (χ3n) is 4.80. The first kappa shape index (κ1) is 20.2. The number of nitro benzene ring substituents is 1. The molecule has 9 heteroatoms. The highest BCUT2D eigenvalue weighted by Crippen LogP contribution is 2.24. The van der Waals surface area contributed by atoms with Crippen LogP contribution in [0.3, 0.4) is 0 Å². The minimum atomic E-state index is -0.507. The number of benzene rings is 2. The zero-order valence-electron chi connectivity index (χ0n) is 16.2. The van der Waals surface area contributed by atoms with Crippen molar-refractivity contribution >= 4 is 22.6 Å². The van der Waals surface area contributed by atoms with E-state index in [9.17, 15) is 19.7 Å². The van der Waals surface area contributed by atoms with E-state index in [4.69, 9.17) is 4.74 Å². The maximum absolute atomic E-state index is 12.4. The number of nitrogens with one attached hydrogen (secondary N) is 1. The maximum atomic E-state index is 12.4. The van der Waals surface area contributed by atoms with Gasteiger partial charge in [-0.15, -0.1) is 0 Å². The highest BCUT2D eigenvalue weighted by Gasteiger charge is 2.17. The molecular formula is C20H20N4O5. The lowest BCUT2D eigenvalue weighted by Gasteiger charge is -2.24. The molecule has 1 N–H and O–H groups in total. The molecular weight excluding hydrogens is 376 g/mol. The van der Waals surface area contributed by atoms with Crippen LogP contribution in [0.1, 0.15) is 34.7 Å². The Kier molecular flexibility index (Phi) is 5.69. The highest BCUT2D eigenvalue weighted by molar-refractivity contribution is 5.93. The monoisotopic (exact) mass is 396 g/mol. The second-order valence-electron chi connectivity index (χ2n) is 6.68. The number of non-ortho nitro benzene ring substituents is 1. The van der Waals surface area contributed by atoms with Crippen LogP contribution in [-0.4, -0.2) is 39.9 Å². The van der Waals surface area contributed by atoms with E-state index in [-0.39, 0.29) is 17.3 Å². The molecule has 0 spiro atoms. The zero-order chi connectivity index (χ0) is 21.1. The number of nitrogens with zero attached hydrogens (tertiary/aromatic N) is 3. The lowest BCUT2D eigenvalue weighted by atomic mass is 10.1. The van der Waals surface area contributed by atoms with Crippen LogP contribution < -0.4 is 5.56 Å². The molecule has 2 aromatic carbocycles. The molecule has 9 nitrogen and oxygen atoms in total. The van der Waals surface area contributed by atoms with E-state index in [1.807, 2.05) is 24.9 Å². The Bertz CT molecular complexity index is 1140. The molecule has 0 radical (unpaired) electrons. The summed E-state index contributed by atoms with van der Waals surface area (Å²) in [6.45, 7) is 2.21. The van der Waals surface area contributed by atoms with E-state index in [0.29, 0.717) is 28.8 Å². The van der Waals surface area contributed by atoms with Crippen molar-refractivity contribution in [3.05, 3.63) is 79.9 Å². The minimum Gasteiger partial charge on any atom is -0.465 e. The molecule has 1 atom stereocenters. The number of fused-ring (bicyclic) bond motifs is 1. The number of carbonyl (C=O) groups excluding carboxylic acids is 1. The van der Waals surface area contributed by atoms with E-state index in [0.717, 1.165) is 5.56 Å². The van der Waals surface area contributed by atoms with E-state index < -0.39 is 10.9 Å². The van der Waals surface area contributed by atoms with E-state index in [2.05, 4.69) is 9.97 Å². The first-order valence-corrected chi connectivity index (χ1v) is 8.86. The largest absolute Gasteiger partial charge is 0.465 e. The lowest BCUT2D eigenvalue weighted by Crippen LogP contribution is -2.25. The fraction of sp³-hybridized carbons (Fsp3) is 0.250. The molecule has 0 unspecified atom stereocenters. The standard InChI is InChI=1S/C20H20N4O5/c1-12(13-5-4-6-15(9-13)24(27)28)23(2)11-18-21-17-10-14(20(26)29-3)7-8-16(17)19(25)22-18/h4-10,12H,11H2,1-3H3,(H,21,22,25)/t12-/m1/s1. The SMILES string of the molecule is COC(=O)c1ccc2c(=O)[nH]c(CN(C)[C@H](C)c3cccc([N+](=O)[O-])c3)nc2c1. The Morgan fingerprint density at radius 1 is 1.31 bits per heavy atom. The van der Waals surface area contributed by atoms with Crippen molar-refractivity contribution in [1.82, 2.24) is 14.9 Å². The van der Waals surface area contributed by atoms with Crippen molar-refractivity contribution in [3.63, 3.8) is 0 Å². The number of aromatic nitrogens is 2. The molecule has 3 aromatic rings. The molecule has 0 bridgehead atoms. The van der Waals surface area contributed by atoms with E-state index >= 15 is 0 Å². The highest BCUT2D eigenvalue weighted by atomic mass is 16.6. The average molecular weight is 396 g/mol. The van der Waals surface area contributed by atoms with Crippen molar-refractivity contribution in [2.75, 3.05) is 14.2 Å². The number of rotatable bonds is 6. The Morgan fingerprint density at radius 3 is 2.76 bits per heavy atom. The van der Waals surface area contributed by atoms with Crippen LogP contribution in [0.5, 0.6) is 0 Å². The maximum Gasteiger partial charge on any atom is 0.337 e. The summed E-state index contributed by atoms with van der Waals surface area (Å²) >= 11 is 0. The minimum absolute atomic E-state index is 0.0235. The van der Waals surface area contributed by atoms with Crippen LogP contribution in [0.25, 0.3) is 10.9 Å². The van der Waals surface area contributed by atoms with E-state index in [1.165, 1.54) is 37.4 Å². The first-order chi connectivity index (χ1) is 13.8. The van der Waals surface area contributed by atoms with Crippen LogP contribution in [-0.2, 0) is 11.3 Å². The molecule has 0 fully saturated rings. The summed E-state index contributed by atoms with van der Waals surface area (Å²) in [5, 5.41) is 11.4.